The molecular formula is C19H39NaO4. The van der Waals surface area contributed by atoms with Gasteiger partial charge in [0.2, 0.25) is 0 Å². The molecule has 0 fully saturated rings. The summed E-state index contributed by atoms with van der Waals surface area (Å²) in [5, 5.41) is 17.7. The van der Waals surface area contributed by atoms with E-state index in [9.17, 15) is 4.79 Å². The zero-order valence-electron chi connectivity index (χ0n) is 15.1. The van der Waals surface area contributed by atoms with Crippen LogP contribution in [-0.2, 0) is 9.53 Å². The third kappa shape index (κ3) is 20.4. The van der Waals surface area contributed by atoms with E-state index in [4.69, 9.17) is 14.9 Å². The number of rotatable bonds is 17. The van der Waals surface area contributed by atoms with E-state index in [0.29, 0.717) is 6.42 Å². The van der Waals surface area contributed by atoms with Crippen molar-refractivity contribution in [1.29, 1.82) is 0 Å². The maximum atomic E-state index is 11.3. The summed E-state index contributed by atoms with van der Waals surface area (Å²) in [4.78, 5) is 11.3. The van der Waals surface area contributed by atoms with Crippen LogP contribution in [0.25, 0.3) is 0 Å². The molecular weight excluding hydrogens is 315 g/mol. The molecule has 0 rings (SSSR count). The van der Waals surface area contributed by atoms with Crippen LogP contribution >= 0.6 is 0 Å². The molecule has 24 heavy (non-hydrogen) atoms. The number of ether oxygens (including phenoxy) is 1. The average molecular weight is 355 g/mol. The fourth-order valence-corrected chi connectivity index (χ4v) is 2.60. The maximum absolute atomic E-state index is 11.3. The first-order valence-electron chi connectivity index (χ1n) is 9.65. The van der Waals surface area contributed by atoms with Gasteiger partial charge in [0.1, 0.15) is 12.7 Å². The van der Waals surface area contributed by atoms with Crippen molar-refractivity contribution in [3.8, 4) is 0 Å². The standard InChI is InChI=1S/C19H38O4.Na.H/c1-2-3-4-5-6-7-8-9-10-11-12-13-14-15-19(22)23-17-18(21)16-20;;/h18,20-21H,2-17H2,1H3;;. The van der Waals surface area contributed by atoms with Gasteiger partial charge in [0.15, 0.2) is 0 Å². The van der Waals surface area contributed by atoms with Crippen LogP contribution in [0.15, 0.2) is 0 Å². The van der Waals surface area contributed by atoms with Crippen LogP contribution in [0, 0.1) is 0 Å². The predicted molar refractivity (Wildman–Crippen MR) is 102 cm³/mol. The van der Waals surface area contributed by atoms with Gasteiger partial charge in [-0.25, -0.2) is 0 Å². The molecule has 0 radical (unpaired) electrons. The van der Waals surface area contributed by atoms with E-state index in [0.717, 1.165) is 12.8 Å². The summed E-state index contributed by atoms with van der Waals surface area (Å²) < 4.78 is 4.85. The topological polar surface area (TPSA) is 66.8 Å². The molecule has 0 aromatic rings. The number of esters is 1. The minimum atomic E-state index is -0.953. The van der Waals surface area contributed by atoms with Crippen molar-refractivity contribution >= 4 is 35.5 Å². The molecule has 0 aromatic carbocycles. The van der Waals surface area contributed by atoms with E-state index >= 15 is 0 Å². The SMILES string of the molecule is CCCCCCCCCCCCCCCC(=O)OCC(O)CO.[NaH]. The summed E-state index contributed by atoms with van der Waals surface area (Å²) in [6, 6.07) is 0. The van der Waals surface area contributed by atoms with E-state index < -0.39 is 6.10 Å². The molecule has 0 heterocycles. The third-order valence-corrected chi connectivity index (χ3v) is 4.13. The van der Waals surface area contributed by atoms with E-state index in [1.807, 2.05) is 0 Å². The van der Waals surface area contributed by atoms with Crippen molar-refractivity contribution in [3.63, 3.8) is 0 Å². The van der Waals surface area contributed by atoms with E-state index in [-0.39, 0.29) is 48.7 Å². The molecule has 0 spiro atoms. The molecule has 0 amide bonds. The summed E-state index contributed by atoms with van der Waals surface area (Å²) in [6.07, 6.45) is 16.1. The van der Waals surface area contributed by atoms with Crippen molar-refractivity contribution in [2.24, 2.45) is 0 Å². The molecule has 1 unspecified atom stereocenters. The van der Waals surface area contributed by atoms with Gasteiger partial charge < -0.3 is 14.9 Å². The summed E-state index contributed by atoms with van der Waals surface area (Å²) in [5.41, 5.74) is 0. The Balaban J connectivity index is 0. The van der Waals surface area contributed by atoms with Gasteiger partial charge in [-0.2, -0.15) is 0 Å². The second-order valence-electron chi connectivity index (χ2n) is 6.51. The first kappa shape index (κ1) is 26.6. The molecule has 5 heteroatoms. The molecule has 0 bridgehead atoms. The number of aliphatic hydroxyl groups is 2. The number of aliphatic hydroxyl groups excluding tert-OH is 2. The van der Waals surface area contributed by atoms with Gasteiger partial charge >= 0.3 is 35.5 Å². The molecule has 0 saturated carbocycles. The van der Waals surface area contributed by atoms with Crippen LogP contribution in [-0.4, -0.2) is 65.1 Å². The summed E-state index contributed by atoms with van der Waals surface area (Å²) in [6.45, 7) is 1.78. The third-order valence-electron chi connectivity index (χ3n) is 4.13. The minimum absolute atomic E-state index is 0. The Morgan fingerprint density at radius 3 is 1.67 bits per heavy atom. The Kier molecular flexibility index (Phi) is 23.8. The van der Waals surface area contributed by atoms with Crippen LogP contribution in [0.3, 0.4) is 0 Å². The number of carbonyl (C=O) groups excluding carboxylic acids is 1. The number of hydrogen-bond donors (Lipinski definition) is 2. The van der Waals surface area contributed by atoms with Gasteiger partial charge in [-0.1, -0.05) is 84.0 Å². The molecule has 0 aromatic heterocycles. The summed E-state index contributed by atoms with van der Waals surface area (Å²) in [7, 11) is 0. The van der Waals surface area contributed by atoms with Gasteiger partial charge in [-0.15, -0.1) is 0 Å². The van der Waals surface area contributed by atoms with Crippen LogP contribution in [0.5, 0.6) is 0 Å². The number of unbranched alkanes of at least 4 members (excludes halogenated alkanes) is 12. The summed E-state index contributed by atoms with van der Waals surface area (Å²) >= 11 is 0. The van der Waals surface area contributed by atoms with Crippen LogP contribution in [0.4, 0.5) is 0 Å². The first-order valence-corrected chi connectivity index (χ1v) is 9.65. The average Bonchev–Trinajstić information content (AvgIpc) is 2.56. The second kappa shape index (κ2) is 21.4. The van der Waals surface area contributed by atoms with Gasteiger partial charge in [0.05, 0.1) is 6.61 Å². The van der Waals surface area contributed by atoms with Gasteiger partial charge in [0, 0.05) is 6.42 Å². The molecule has 0 aliphatic heterocycles. The Morgan fingerprint density at radius 1 is 0.833 bits per heavy atom. The van der Waals surface area contributed by atoms with Crippen molar-refractivity contribution < 1.29 is 19.7 Å². The summed E-state index contributed by atoms with van der Waals surface area (Å²) in [5.74, 6) is -0.277. The zero-order valence-corrected chi connectivity index (χ0v) is 15.1. The second-order valence-corrected chi connectivity index (χ2v) is 6.51. The quantitative estimate of drug-likeness (QED) is 0.237. The van der Waals surface area contributed by atoms with Crippen LogP contribution < -0.4 is 0 Å². The molecule has 4 nitrogen and oxygen atoms in total. The number of carbonyl (C=O) groups is 1. The van der Waals surface area contributed by atoms with Crippen LogP contribution in [0.1, 0.15) is 96.8 Å². The molecule has 140 valence electrons. The van der Waals surface area contributed by atoms with E-state index in [1.165, 1.54) is 70.6 Å². The Hall–Kier alpha value is 0.390. The monoisotopic (exact) mass is 354 g/mol. The van der Waals surface area contributed by atoms with Gasteiger partial charge in [-0.3, -0.25) is 4.79 Å². The predicted octanol–water partition coefficient (Wildman–Crippen LogP) is 3.72. The van der Waals surface area contributed by atoms with E-state index in [2.05, 4.69) is 6.92 Å². The Bertz CT molecular complexity index is 262. The number of hydrogen-bond acceptors (Lipinski definition) is 4. The van der Waals surface area contributed by atoms with Crippen molar-refractivity contribution in [3.05, 3.63) is 0 Å². The Labute approximate surface area is 171 Å². The van der Waals surface area contributed by atoms with Crippen molar-refractivity contribution in [2.75, 3.05) is 13.2 Å². The fourth-order valence-electron chi connectivity index (χ4n) is 2.60. The fraction of sp³-hybridized carbons (Fsp3) is 0.947. The molecule has 0 saturated heterocycles. The molecule has 0 aliphatic carbocycles. The first-order chi connectivity index (χ1) is 11.2. The van der Waals surface area contributed by atoms with Crippen molar-refractivity contribution in [2.45, 2.75) is 103 Å². The van der Waals surface area contributed by atoms with Crippen molar-refractivity contribution in [1.82, 2.24) is 0 Å². The van der Waals surface area contributed by atoms with Gasteiger partial charge in [0.25, 0.3) is 0 Å². The Morgan fingerprint density at radius 2 is 1.25 bits per heavy atom. The molecule has 2 N–H and O–H groups in total. The van der Waals surface area contributed by atoms with Crippen LogP contribution in [0.2, 0.25) is 0 Å². The molecule has 0 aliphatic rings. The molecule has 1 atom stereocenters. The van der Waals surface area contributed by atoms with Gasteiger partial charge in [-0.05, 0) is 6.42 Å². The normalized spacial score (nSPS) is 11.8. The zero-order chi connectivity index (χ0) is 17.2. The van der Waals surface area contributed by atoms with E-state index in [1.54, 1.807) is 0 Å².